The quantitative estimate of drug-likeness (QED) is 0.486. The highest BCUT2D eigenvalue weighted by molar-refractivity contribution is 6.11. The number of aryl methyl sites for hydroxylation is 2. The van der Waals surface area contributed by atoms with Crippen LogP contribution in [0.3, 0.4) is 0 Å². The summed E-state index contributed by atoms with van der Waals surface area (Å²) in [6.45, 7) is 3.70. The van der Waals surface area contributed by atoms with E-state index in [1.54, 1.807) is 6.20 Å². The van der Waals surface area contributed by atoms with Gasteiger partial charge in [-0.2, -0.15) is 0 Å². The molecule has 86 valence electrons. The number of hydrogen-bond donors (Lipinski definition) is 1. The fourth-order valence-corrected chi connectivity index (χ4v) is 1.60. The van der Waals surface area contributed by atoms with E-state index in [2.05, 4.69) is 15.1 Å². The van der Waals surface area contributed by atoms with E-state index in [1.807, 2.05) is 44.2 Å². The third-order valence-corrected chi connectivity index (χ3v) is 2.45. The maximum absolute atomic E-state index is 9.17. The standard InChI is InChI=1S/C13H13N3O/c1-9-8-14-10(2)12(15-9)13(16-17)11-6-4-3-5-7-11/h3-8,17H,1-2H3. The molecule has 4 nitrogen and oxygen atoms in total. The van der Waals surface area contributed by atoms with Crippen LogP contribution in [-0.4, -0.2) is 20.9 Å². The maximum atomic E-state index is 9.17. The van der Waals surface area contributed by atoms with Crippen LogP contribution >= 0.6 is 0 Å². The Kier molecular flexibility index (Phi) is 3.14. The molecule has 1 heterocycles. The van der Waals surface area contributed by atoms with E-state index in [1.165, 1.54) is 0 Å². The lowest BCUT2D eigenvalue weighted by Crippen LogP contribution is -2.10. The molecule has 0 fully saturated rings. The second-order valence-corrected chi connectivity index (χ2v) is 3.76. The van der Waals surface area contributed by atoms with Crippen molar-refractivity contribution < 1.29 is 5.21 Å². The highest BCUT2D eigenvalue weighted by Gasteiger charge is 2.12. The van der Waals surface area contributed by atoms with Crippen molar-refractivity contribution >= 4 is 5.71 Å². The molecule has 0 aliphatic heterocycles. The number of hydrogen-bond acceptors (Lipinski definition) is 4. The van der Waals surface area contributed by atoms with Gasteiger partial charge in [0.1, 0.15) is 11.4 Å². The zero-order valence-electron chi connectivity index (χ0n) is 9.75. The van der Waals surface area contributed by atoms with E-state index in [4.69, 9.17) is 5.21 Å². The molecule has 17 heavy (non-hydrogen) atoms. The van der Waals surface area contributed by atoms with Crippen LogP contribution in [0.1, 0.15) is 22.6 Å². The molecule has 2 aromatic rings. The van der Waals surface area contributed by atoms with Crippen molar-refractivity contribution in [2.24, 2.45) is 5.16 Å². The van der Waals surface area contributed by atoms with Crippen LogP contribution in [-0.2, 0) is 0 Å². The summed E-state index contributed by atoms with van der Waals surface area (Å²) in [7, 11) is 0. The smallest absolute Gasteiger partial charge is 0.137 e. The molecule has 0 aliphatic carbocycles. The second kappa shape index (κ2) is 4.74. The van der Waals surface area contributed by atoms with Gasteiger partial charge in [-0.3, -0.25) is 4.98 Å². The molecule has 2 rings (SSSR count). The highest BCUT2D eigenvalue weighted by atomic mass is 16.4. The fourth-order valence-electron chi connectivity index (χ4n) is 1.60. The average molecular weight is 227 g/mol. The van der Waals surface area contributed by atoms with Gasteiger partial charge in [0, 0.05) is 11.8 Å². The van der Waals surface area contributed by atoms with Crippen LogP contribution in [0, 0.1) is 13.8 Å². The third kappa shape index (κ3) is 2.30. The van der Waals surface area contributed by atoms with Gasteiger partial charge in [0.2, 0.25) is 0 Å². The Morgan fingerprint density at radius 1 is 1.18 bits per heavy atom. The van der Waals surface area contributed by atoms with E-state index in [-0.39, 0.29) is 0 Å². The van der Waals surface area contributed by atoms with Gasteiger partial charge in [0.25, 0.3) is 0 Å². The Morgan fingerprint density at radius 2 is 1.88 bits per heavy atom. The van der Waals surface area contributed by atoms with E-state index in [0.29, 0.717) is 11.4 Å². The number of rotatable bonds is 2. The predicted molar refractivity (Wildman–Crippen MR) is 65.4 cm³/mol. The van der Waals surface area contributed by atoms with Crippen molar-refractivity contribution in [2.45, 2.75) is 13.8 Å². The Labute approximate surface area is 99.7 Å². The highest BCUT2D eigenvalue weighted by Crippen LogP contribution is 2.11. The first-order valence-electron chi connectivity index (χ1n) is 5.30. The zero-order chi connectivity index (χ0) is 12.3. The molecule has 0 aliphatic rings. The maximum Gasteiger partial charge on any atom is 0.137 e. The van der Waals surface area contributed by atoms with Gasteiger partial charge < -0.3 is 5.21 Å². The molecule has 0 radical (unpaired) electrons. The van der Waals surface area contributed by atoms with Crippen LogP contribution in [0.4, 0.5) is 0 Å². The Balaban J connectivity index is 2.54. The lowest BCUT2D eigenvalue weighted by molar-refractivity contribution is 0.319. The molecule has 1 aromatic carbocycles. The van der Waals surface area contributed by atoms with Crippen LogP contribution < -0.4 is 0 Å². The van der Waals surface area contributed by atoms with E-state index in [0.717, 1.165) is 17.0 Å². The molecule has 0 saturated heterocycles. The normalized spacial score (nSPS) is 11.5. The minimum atomic E-state index is 0.444. The fraction of sp³-hybridized carbons (Fsp3) is 0.154. The lowest BCUT2D eigenvalue weighted by atomic mass is 10.1. The van der Waals surface area contributed by atoms with Crippen molar-refractivity contribution in [2.75, 3.05) is 0 Å². The van der Waals surface area contributed by atoms with Gasteiger partial charge in [0.15, 0.2) is 0 Å². The minimum absolute atomic E-state index is 0.444. The van der Waals surface area contributed by atoms with Gasteiger partial charge in [-0.15, -0.1) is 0 Å². The SMILES string of the molecule is Cc1cnc(C)c(C(=NO)c2ccccc2)n1. The summed E-state index contributed by atoms with van der Waals surface area (Å²) in [4.78, 5) is 8.59. The van der Waals surface area contributed by atoms with Gasteiger partial charge in [-0.05, 0) is 13.8 Å². The van der Waals surface area contributed by atoms with Crippen molar-refractivity contribution in [3.8, 4) is 0 Å². The van der Waals surface area contributed by atoms with E-state index < -0.39 is 0 Å². The molecular formula is C13H13N3O. The van der Waals surface area contributed by atoms with Gasteiger partial charge in [-0.25, -0.2) is 4.98 Å². The molecule has 0 amide bonds. The Hall–Kier alpha value is -2.23. The van der Waals surface area contributed by atoms with E-state index in [9.17, 15) is 0 Å². The third-order valence-electron chi connectivity index (χ3n) is 2.45. The summed E-state index contributed by atoms with van der Waals surface area (Å²) in [5.74, 6) is 0. The number of benzene rings is 1. The van der Waals surface area contributed by atoms with Crippen molar-refractivity contribution in [3.63, 3.8) is 0 Å². The molecule has 0 unspecified atom stereocenters. The van der Waals surface area contributed by atoms with Gasteiger partial charge in [-0.1, -0.05) is 35.5 Å². The molecule has 4 heteroatoms. The summed E-state index contributed by atoms with van der Waals surface area (Å²) < 4.78 is 0. The molecule has 0 bridgehead atoms. The first-order chi connectivity index (χ1) is 8.22. The van der Waals surface area contributed by atoms with E-state index >= 15 is 0 Å². The van der Waals surface area contributed by atoms with Crippen LogP contribution in [0.15, 0.2) is 41.7 Å². The summed E-state index contributed by atoms with van der Waals surface area (Å²) in [5.41, 5.74) is 3.41. The van der Waals surface area contributed by atoms with Crippen molar-refractivity contribution in [1.29, 1.82) is 0 Å². The van der Waals surface area contributed by atoms with Crippen LogP contribution in [0.25, 0.3) is 0 Å². The van der Waals surface area contributed by atoms with Crippen molar-refractivity contribution in [1.82, 2.24) is 9.97 Å². The minimum Gasteiger partial charge on any atom is -0.410 e. The monoisotopic (exact) mass is 227 g/mol. The van der Waals surface area contributed by atoms with Crippen LogP contribution in [0.5, 0.6) is 0 Å². The summed E-state index contributed by atoms with van der Waals surface area (Å²) in [6, 6.07) is 9.43. The molecule has 0 atom stereocenters. The number of aromatic nitrogens is 2. The Bertz CT molecular complexity index is 550. The first kappa shape index (κ1) is 11.3. The molecule has 0 saturated carbocycles. The molecule has 1 aromatic heterocycles. The summed E-state index contributed by atoms with van der Waals surface area (Å²) >= 11 is 0. The molecule has 1 N–H and O–H groups in total. The van der Waals surface area contributed by atoms with Crippen LogP contribution in [0.2, 0.25) is 0 Å². The number of oxime groups is 1. The van der Waals surface area contributed by atoms with Gasteiger partial charge in [0.05, 0.1) is 11.4 Å². The largest absolute Gasteiger partial charge is 0.410 e. The van der Waals surface area contributed by atoms with Gasteiger partial charge >= 0.3 is 0 Å². The predicted octanol–water partition coefficient (Wildman–Crippen LogP) is 2.32. The average Bonchev–Trinajstić information content (AvgIpc) is 2.36. The second-order valence-electron chi connectivity index (χ2n) is 3.76. The Morgan fingerprint density at radius 3 is 2.53 bits per heavy atom. The summed E-state index contributed by atoms with van der Waals surface area (Å²) in [5, 5.41) is 12.5. The summed E-state index contributed by atoms with van der Waals surface area (Å²) in [6.07, 6.45) is 1.69. The van der Waals surface area contributed by atoms with Crippen molar-refractivity contribution in [3.05, 3.63) is 59.2 Å². The molecular weight excluding hydrogens is 214 g/mol. The molecule has 0 spiro atoms. The topological polar surface area (TPSA) is 58.4 Å². The zero-order valence-corrected chi connectivity index (χ0v) is 9.75. The lowest BCUT2D eigenvalue weighted by Gasteiger charge is -2.07. The number of nitrogens with zero attached hydrogens (tertiary/aromatic N) is 3. The first-order valence-corrected chi connectivity index (χ1v) is 5.30.